The van der Waals surface area contributed by atoms with Crippen LogP contribution in [0, 0.1) is 11.7 Å². The van der Waals surface area contributed by atoms with Crippen molar-refractivity contribution in [1.82, 2.24) is 0 Å². The van der Waals surface area contributed by atoms with Crippen molar-refractivity contribution in [2.45, 2.75) is 26.7 Å². The summed E-state index contributed by atoms with van der Waals surface area (Å²) in [5.74, 6) is 0.167. The third-order valence-corrected chi connectivity index (χ3v) is 3.33. The van der Waals surface area contributed by atoms with Crippen LogP contribution in [0.2, 0.25) is 10.0 Å². The Hall–Kier alpha value is -0.470. The fraction of sp³-hybridized carbons (Fsp3) is 0.500. The van der Waals surface area contributed by atoms with E-state index in [2.05, 4.69) is 19.2 Å². The standard InChI is InChI=1S/C12H16Cl2FN/c1-3-8(4-2)7-16-12-10(13)5-9(15)6-11(12)14/h5-6,8,16H,3-4,7H2,1-2H3. The Morgan fingerprint density at radius 2 is 1.69 bits per heavy atom. The predicted molar refractivity (Wildman–Crippen MR) is 69.0 cm³/mol. The predicted octanol–water partition coefficient (Wildman–Crippen LogP) is 4.98. The molecule has 0 heterocycles. The number of nitrogens with one attached hydrogen (secondary N) is 1. The molecule has 0 aliphatic carbocycles. The molecule has 0 saturated heterocycles. The Balaban J connectivity index is 2.74. The maximum atomic E-state index is 12.9. The Kier molecular flexibility index (Phi) is 5.36. The lowest BCUT2D eigenvalue weighted by molar-refractivity contribution is 0.519. The molecular weight excluding hydrogens is 248 g/mol. The van der Waals surface area contributed by atoms with Crippen molar-refractivity contribution >= 4 is 28.9 Å². The van der Waals surface area contributed by atoms with E-state index in [0.29, 0.717) is 21.7 Å². The summed E-state index contributed by atoms with van der Waals surface area (Å²) >= 11 is 11.8. The molecule has 1 rings (SSSR count). The smallest absolute Gasteiger partial charge is 0.126 e. The van der Waals surface area contributed by atoms with Crippen molar-refractivity contribution < 1.29 is 4.39 Å². The van der Waals surface area contributed by atoms with Crippen LogP contribution in [0.3, 0.4) is 0 Å². The highest BCUT2D eigenvalue weighted by Crippen LogP contribution is 2.31. The van der Waals surface area contributed by atoms with E-state index in [0.717, 1.165) is 19.4 Å². The minimum Gasteiger partial charge on any atom is -0.382 e. The average molecular weight is 264 g/mol. The Morgan fingerprint density at radius 1 is 1.19 bits per heavy atom. The molecule has 1 N–H and O–H groups in total. The van der Waals surface area contributed by atoms with E-state index in [1.807, 2.05) is 0 Å². The molecule has 0 bridgehead atoms. The SMILES string of the molecule is CCC(CC)CNc1c(Cl)cc(F)cc1Cl. The molecule has 1 aromatic rings. The fourth-order valence-corrected chi connectivity index (χ4v) is 2.13. The van der Waals surface area contributed by atoms with Gasteiger partial charge in [-0.15, -0.1) is 0 Å². The molecule has 1 nitrogen and oxygen atoms in total. The number of rotatable bonds is 5. The van der Waals surface area contributed by atoms with E-state index >= 15 is 0 Å². The lowest BCUT2D eigenvalue weighted by atomic mass is 10.0. The molecule has 0 aliphatic rings. The monoisotopic (exact) mass is 263 g/mol. The molecule has 0 saturated carbocycles. The minimum atomic E-state index is -0.414. The lowest BCUT2D eigenvalue weighted by Crippen LogP contribution is -2.13. The third-order valence-electron chi connectivity index (χ3n) is 2.73. The van der Waals surface area contributed by atoms with Gasteiger partial charge < -0.3 is 5.32 Å². The normalized spacial score (nSPS) is 10.9. The summed E-state index contributed by atoms with van der Waals surface area (Å²) in [6.07, 6.45) is 2.19. The molecule has 0 amide bonds. The maximum absolute atomic E-state index is 12.9. The van der Waals surface area contributed by atoms with Gasteiger partial charge in [0.1, 0.15) is 5.82 Å². The second kappa shape index (κ2) is 6.31. The zero-order chi connectivity index (χ0) is 12.1. The van der Waals surface area contributed by atoms with Gasteiger partial charge in [0.05, 0.1) is 15.7 Å². The quantitative estimate of drug-likeness (QED) is 0.790. The molecule has 0 atom stereocenters. The van der Waals surface area contributed by atoms with Crippen molar-refractivity contribution in [2.75, 3.05) is 11.9 Å². The van der Waals surface area contributed by atoms with Crippen molar-refractivity contribution in [3.63, 3.8) is 0 Å². The van der Waals surface area contributed by atoms with E-state index in [-0.39, 0.29) is 0 Å². The molecule has 0 aromatic heterocycles. The number of halogens is 3. The second-order valence-corrected chi connectivity index (χ2v) is 4.62. The molecule has 0 spiro atoms. The van der Waals surface area contributed by atoms with Crippen LogP contribution in [0.5, 0.6) is 0 Å². The summed E-state index contributed by atoms with van der Waals surface area (Å²) in [4.78, 5) is 0. The Morgan fingerprint density at radius 3 is 2.12 bits per heavy atom. The fourth-order valence-electron chi connectivity index (χ4n) is 1.53. The molecule has 0 unspecified atom stereocenters. The number of anilines is 1. The molecule has 1 aromatic carbocycles. The first-order valence-corrected chi connectivity index (χ1v) is 6.22. The van der Waals surface area contributed by atoms with E-state index in [1.165, 1.54) is 12.1 Å². The van der Waals surface area contributed by atoms with E-state index in [1.54, 1.807) is 0 Å². The van der Waals surface area contributed by atoms with Gasteiger partial charge in [0.15, 0.2) is 0 Å². The van der Waals surface area contributed by atoms with Gasteiger partial charge in [0, 0.05) is 6.54 Å². The Labute approximate surface area is 106 Å². The van der Waals surface area contributed by atoms with Crippen LogP contribution in [0.15, 0.2) is 12.1 Å². The highest BCUT2D eigenvalue weighted by atomic mass is 35.5. The van der Waals surface area contributed by atoms with E-state index in [9.17, 15) is 4.39 Å². The zero-order valence-corrected chi connectivity index (χ0v) is 11.0. The molecule has 16 heavy (non-hydrogen) atoms. The first kappa shape index (κ1) is 13.6. The molecular formula is C12H16Cl2FN. The molecule has 90 valence electrons. The van der Waals surface area contributed by atoms with Crippen LogP contribution >= 0.6 is 23.2 Å². The summed E-state index contributed by atoms with van der Waals surface area (Å²) in [6.45, 7) is 5.09. The van der Waals surface area contributed by atoms with Gasteiger partial charge in [0.25, 0.3) is 0 Å². The van der Waals surface area contributed by atoms with Crippen LogP contribution in [0.4, 0.5) is 10.1 Å². The molecule has 0 fully saturated rings. The van der Waals surface area contributed by atoms with Crippen molar-refractivity contribution in [1.29, 1.82) is 0 Å². The summed E-state index contributed by atoms with van der Waals surface area (Å²) in [5, 5.41) is 3.84. The van der Waals surface area contributed by atoms with Crippen molar-refractivity contribution in [3.05, 3.63) is 28.0 Å². The number of hydrogen-bond acceptors (Lipinski definition) is 1. The van der Waals surface area contributed by atoms with Crippen molar-refractivity contribution in [3.8, 4) is 0 Å². The van der Waals surface area contributed by atoms with Gasteiger partial charge in [-0.25, -0.2) is 4.39 Å². The van der Waals surface area contributed by atoms with Crippen LogP contribution in [-0.4, -0.2) is 6.54 Å². The summed E-state index contributed by atoms with van der Waals surface area (Å²) in [7, 11) is 0. The first-order valence-electron chi connectivity index (χ1n) is 5.46. The topological polar surface area (TPSA) is 12.0 Å². The Bertz CT molecular complexity index is 328. The number of hydrogen-bond donors (Lipinski definition) is 1. The summed E-state index contributed by atoms with van der Waals surface area (Å²) < 4.78 is 12.9. The minimum absolute atomic E-state index is 0.330. The van der Waals surface area contributed by atoms with Crippen molar-refractivity contribution in [2.24, 2.45) is 5.92 Å². The largest absolute Gasteiger partial charge is 0.382 e. The molecule has 0 radical (unpaired) electrons. The van der Waals surface area contributed by atoms with E-state index in [4.69, 9.17) is 23.2 Å². The van der Waals surface area contributed by atoms with Gasteiger partial charge in [-0.2, -0.15) is 0 Å². The lowest BCUT2D eigenvalue weighted by Gasteiger charge is -2.16. The molecule has 0 aliphatic heterocycles. The summed E-state index contributed by atoms with van der Waals surface area (Å²) in [5.41, 5.74) is 0.622. The van der Waals surface area contributed by atoms with Crippen LogP contribution < -0.4 is 5.32 Å². The number of benzene rings is 1. The second-order valence-electron chi connectivity index (χ2n) is 3.81. The third kappa shape index (κ3) is 3.53. The zero-order valence-electron chi connectivity index (χ0n) is 9.49. The average Bonchev–Trinajstić information content (AvgIpc) is 2.22. The summed E-state index contributed by atoms with van der Waals surface area (Å²) in [6, 6.07) is 2.53. The van der Waals surface area contributed by atoms with Gasteiger partial charge >= 0.3 is 0 Å². The van der Waals surface area contributed by atoms with E-state index < -0.39 is 5.82 Å². The van der Waals surface area contributed by atoms with Crippen LogP contribution in [0.1, 0.15) is 26.7 Å². The highest BCUT2D eigenvalue weighted by Gasteiger charge is 2.10. The van der Waals surface area contributed by atoms with Crippen LogP contribution in [0.25, 0.3) is 0 Å². The highest BCUT2D eigenvalue weighted by molar-refractivity contribution is 6.39. The maximum Gasteiger partial charge on any atom is 0.126 e. The van der Waals surface area contributed by atoms with Gasteiger partial charge in [-0.1, -0.05) is 49.9 Å². The van der Waals surface area contributed by atoms with Gasteiger partial charge in [0.2, 0.25) is 0 Å². The van der Waals surface area contributed by atoms with Crippen LogP contribution in [-0.2, 0) is 0 Å². The first-order chi connectivity index (χ1) is 7.58. The van der Waals surface area contributed by atoms with Gasteiger partial charge in [-0.3, -0.25) is 0 Å². The molecule has 4 heteroatoms. The van der Waals surface area contributed by atoms with Gasteiger partial charge in [-0.05, 0) is 18.1 Å².